The van der Waals surface area contributed by atoms with E-state index >= 15 is 0 Å². The highest BCUT2D eigenvalue weighted by atomic mass is 15.0. The predicted molar refractivity (Wildman–Crippen MR) is 126 cm³/mol. The van der Waals surface area contributed by atoms with Crippen LogP contribution in [0.3, 0.4) is 0 Å². The van der Waals surface area contributed by atoms with Crippen molar-refractivity contribution in [1.29, 1.82) is 0 Å². The van der Waals surface area contributed by atoms with Crippen LogP contribution < -0.4 is 22.1 Å². The van der Waals surface area contributed by atoms with Gasteiger partial charge in [-0.1, -0.05) is 62.2 Å². The number of hydrogen-bond donors (Lipinski definition) is 4. The molecule has 0 aliphatic carbocycles. The van der Waals surface area contributed by atoms with Gasteiger partial charge in [-0.25, -0.2) is 0 Å². The third-order valence-corrected chi connectivity index (χ3v) is 4.02. The lowest BCUT2D eigenvalue weighted by atomic mass is 10.1. The molecule has 0 aliphatic rings. The van der Waals surface area contributed by atoms with Crippen LogP contribution in [0.5, 0.6) is 0 Å². The number of nitrogens with one attached hydrogen (secondary N) is 2. The van der Waals surface area contributed by atoms with Crippen LogP contribution in [0.1, 0.15) is 11.1 Å². The standard InChI is InChI=1S/C24H27N5/c1-4-21(27-5-2)17-28-18(3)20-12-9-13-22(16-20)29-24(26)15-14-23(25)19-10-7-6-8-11-19/h4-16,28-29H,1-3,17,25-26H2/b23-14-,24-15+,27-21?. The van der Waals surface area contributed by atoms with E-state index in [0.29, 0.717) is 18.1 Å². The van der Waals surface area contributed by atoms with Gasteiger partial charge in [0.25, 0.3) is 0 Å². The summed E-state index contributed by atoms with van der Waals surface area (Å²) in [4.78, 5) is 4.13. The highest BCUT2D eigenvalue weighted by Crippen LogP contribution is 2.17. The Morgan fingerprint density at radius 2 is 1.69 bits per heavy atom. The summed E-state index contributed by atoms with van der Waals surface area (Å²) in [5.74, 6) is 0.478. The quantitative estimate of drug-likeness (QED) is 0.364. The summed E-state index contributed by atoms with van der Waals surface area (Å²) in [5.41, 5.74) is 17.1. The first kappa shape index (κ1) is 21.3. The molecule has 5 nitrogen and oxygen atoms in total. The maximum absolute atomic E-state index is 6.08. The first-order chi connectivity index (χ1) is 14.0. The van der Waals surface area contributed by atoms with Crippen LogP contribution in [0.2, 0.25) is 0 Å². The Bertz CT molecular complexity index is 952. The molecule has 2 rings (SSSR count). The van der Waals surface area contributed by atoms with Crippen LogP contribution >= 0.6 is 0 Å². The monoisotopic (exact) mass is 385 g/mol. The van der Waals surface area contributed by atoms with Crippen molar-refractivity contribution in [3.05, 3.63) is 116 Å². The number of rotatable bonds is 10. The summed E-state index contributed by atoms with van der Waals surface area (Å²) in [7, 11) is 0. The molecule has 2 aromatic rings. The Morgan fingerprint density at radius 1 is 0.966 bits per heavy atom. The van der Waals surface area contributed by atoms with Gasteiger partial charge >= 0.3 is 0 Å². The molecule has 0 radical (unpaired) electrons. The van der Waals surface area contributed by atoms with E-state index in [2.05, 4.69) is 35.4 Å². The van der Waals surface area contributed by atoms with E-state index in [1.807, 2.05) is 54.6 Å². The fourth-order valence-corrected chi connectivity index (χ4v) is 2.49. The summed E-state index contributed by atoms with van der Waals surface area (Å²) in [6.45, 7) is 11.9. The molecule has 148 valence electrons. The summed E-state index contributed by atoms with van der Waals surface area (Å²) in [5, 5.41) is 6.39. The van der Waals surface area contributed by atoms with Gasteiger partial charge < -0.3 is 22.1 Å². The average molecular weight is 386 g/mol. The summed E-state index contributed by atoms with van der Waals surface area (Å²) < 4.78 is 0. The number of allylic oxidation sites excluding steroid dienone is 2. The molecule has 5 heteroatoms. The number of benzene rings is 2. The third-order valence-electron chi connectivity index (χ3n) is 4.02. The van der Waals surface area contributed by atoms with Crippen molar-refractivity contribution in [2.24, 2.45) is 16.5 Å². The van der Waals surface area contributed by atoms with Crippen molar-refractivity contribution in [3.63, 3.8) is 0 Å². The molecule has 0 amide bonds. The van der Waals surface area contributed by atoms with E-state index in [1.165, 1.54) is 6.20 Å². The van der Waals surface area contributed by atoms with Gasteiger partial charge in [-0.3, -0.25) is 4.99 Å². The average Bonchev–Trinajstić information content (AvgIpc) is 2.75. The van der Waals surface area contributed by atoms with Gasteiger partial charge in [-0.05, 0) is 41.5 Å². The predicted octanol–water partition coefficient (Wildman–Crippen LogP) is 4.23. The van der Waals surface area contributed by atoms with Crippen LogP contribution in [0, 0.1) is 0 Å². The van der Waals surface area contributed by atoms with Crippen molar-refractivity contribution in [2.75, 3.05) is 11.9 Å². The van der Waals surface area contributed by atoms with E-state index in [4.69, 9.17) is 11.5 Å². The molecule has 29 heavy (non-hydrogen) atoms. The smallest absolute Gasteiger partial charge is 0.101 e. The maximum Gasteiger partial charge on any atom is 0.101 e. The number of nitrogens with zero attached hydrogens (tertiary/aromatic N) is 1. The Hall–Kier alpha value is -3.99. The lowest BCUT2D eigenvalue weighted by Crippen LogP contribution is -2.19. The van der Waals surface area contributed by atoms with Crippen LogP contribution in [0.4, 0.5) is 5.69 Å². The molecule has 0 fully saturated rings. The van der Waals surface area contributed by atoms with Gasteiger partial charge in [0, 0.05) is 23.3 Å². The Balaban J connectivity index is 2.03. The van der Waals surface area contributed by atoms with E-state index in [-0.39, 0.29) is 0 Å². The third kappa shape index (κ3) is 6.92. The number of anilines is 1. The number of aliphatic imine (C=N–C) groups is 1. The van der Waals surface area contributed by atoms with Crippen molar-refractivity contribution in [1.82, 2.24) is 5.32 Å². The van der Waals surface area contributed by atoms with Crippen LogP contribution in [-0.4, -0.2) is 12.3 Å². The van der Waals surface area contributed by atoms with Gasteiger partial charge in [0.15, 0.2) is 0 Å². The first-order valence-corrected chi connectivity index (χ1v) is 9.12. The molecule has 0 unspecified atom stereocenters. The maximum atomic E-state index is 6.08. The zero-order valence-electron chi connectivity index (χ0n) is 16.4. The topological polar surface area (TPSA) is 88.5 Å². The van der Waals surface area contributed by atoms with Crippen molar-refractivity contribution in [2.45, 2.75) is 0 Å². The van der Waals surface area contributed by atoms with Gasteiger partial charge in [0.2, 0.25) is 0 Å². The van der Waals surface area contributed by atoms with Gasteiger partial charge in [0.05, 0.1) is 12.3 Å². The van der Waals surface area contributed by atoms with Crippen molar-refractivity contribution >= 4 is 22.8 Å². The lowest BCUT2D eigenvalue weighted by molar-refractivity contribution is 1.04. The van der Waals surface area contributed by atoms with Crippen molar-refractivity contribution in [3.8, 4) is 0 Å². The van der Waals surface area contributed by atoms with Crippen LogP contribution in [0.15, 0.2) is 110 Å². The Kier molecular flexibility index (Phi) is 8.08. The Morgan fingerprint density at radius 3 is 2.38 bits per heavy atom. The molecular weight excluding hydrogens is 358 g/mol. The molecule has 0 saturated carbocycles. The summed E-state index contributed by atoms with van der Waals surface area (Å²) in [6.07, 6.45) is 6.68. The van der Waals surface area contributed by atoms with E-state index < -0.39 is 0 Å². The highest BCUT2D eigenvalue weighted by Gasteiger charge is 2.02. The first-order valence-electron chi connectivity index (χ1n) is 9.12. The highest BCUT2D eigenvalue weighted by molar-refractivity contribution is 5.97. The summed E-state index contributed by atoms with van der Waals surface area (Å²) in [6, 6.07) is 17.5. The second-order valence-corrected chi connectivity index (χ2v) is 6.16. The van der Waals surface area contributed by atoms with Crippen molar-refractivity contribution < 1.29 is 0 Å². The van der Waals surface area contributed by atoms with Gasteiger partial charge in [-0.15, -0.1) is 0 Å². The number of hydrogen-bond acceptors (Lipinski definition) is 5. The molecule has 0 spiro atoms. The normalized spacial score (nSPS) is 12.2. The van der Waals surface area contributed by atoms with Gasteiger partial charge in [-0.2, -0.15) is 0 Å². The molecule has 0 aliphatic heterocycles. The SMILES string of the molecule is C=CN=C(C=C)CNC(=C)c1cccc(N/C(N)=C/C=C(\N)c2ccccc2)c1. The van der Waals surface area contributed by atoms with Crippen LogP contribution in [-0.2, 0) is 0 Å². The minimum atomic E-state index is 0.478. The zero-order valence-corrected chi connectivity index (χ0v) is 16.4. The molecule has 0 heterocycles. The molecule has 6 N–H and O–H groups in total. The molecule has 0 atom stereocenters. The molecule has 0 saturated heterocycles. The minimum absolute atomic E-state index is 0.478. The fraction of sp³-hybridized carbons (Fsp3) is 0.0417. The van der Waals surface area contributed by atoms with E-state index in [9.17, 15) is 0 Å². The zero-order chi connectivity index (χ0) is 21.1. The Labute approximate surface area is 172 Å². The fourth-order valence-electron chi connectivity index (χ4n) is 2.49. The molecule has 0 bridgehead atoms. The molecule has 2 aromatic carbocycles. The molecular formula is C24H27N5. The molecule has 0 aromatic heterocycles. The second-order valence-electron chi connectivity index (χ2n) is 6.16. The minimum Gasteiger partial charge on any atom is -0.398 e. The van der Waals surface area contributed by atoms with E-state index in [0.717, 1.165) is 28.2 Å². The second kappa shape index (κ2) is 11.0. The van der Waals surface area contributed by atoms with E-state index in [1.54, 1.807) is 18.2 Å². The summed E-state index contributed by atoms with van der Waals surface area (Å²) >= 11 is 0. The largest absolute Gasteiger partial charge is 0.398 e. The lowest BCUT2D eigenvalue weighted by Gasteiger charge is -2.12. The van der Waals surface area contributed by atoms with Gasteiger partial charge in [0.1, 0.15) is 5.82 Å². The number of nitrogens with two attached hydrogens (primary N) is 2. The van der Waals surface area contributed by atoms with Crippen LogP contribution in [0.25, 0.3) is 11.4 Å².